The van der Waals surface area contributed by atoms with E-state index in [-0.39, 0.29) is 5.91 Å². The molecule has 5 nitrogen and oxygen atoms in total. The third kappa shape index (κ3) is 7.39. The van der Waals surface area contributed by atoms with Gasteiger partial charge in [0.1, 0.15) is 12.4 Å². The molecule has 0 aliphatic rings. The molecule has 29 heavy (non-hydrogen) atoms. The second-order valence-corrected chi connectivity index (χ2v) is 7.01. The van der Waals surface area contributed by atoms with Crippen LogP contribution in [0, 0.1) is 0 Å². The fourth-order valence-corrected chi connectivity index (χ4v) is 2.87. The number of amides is 1. The van der Waals surface area contributed by atoms with Crippen LogP contribution in [0.5, 0.6) is 5.75 Å². The van der Waals surface area contributed by atoms with E-state index >= 15 is 0 Å². The first kappa shape index (κ1) is 20.6. The van der Waals surface area contributed by atoms with Crippen molar-refractivity contribution in [1.29, 1.82) is 0 Å². The first-order valence-electron chi connectivity index (χ1n) is 9.83. The lowest BCUT2D eigenvalue weighted by molar-refractivity contribution is -0.116. The molecule has 0 bridgehead atoms. The lowest BCUT2D eigenvalue weighted by Gasteiger charge is -2.16. The van der Waals surface area contributed by atoms with Crippen LogP contribution in [0.3, 0.4) is 0 Å². The number of carbonyl (C=O) groups is 1. The van der Waals surface area contributed by atoms with E-state index in [0.29, 0.717) is 13.0 Å². The SMILES string of the molecule is CN(CCC(=O)Nc1ccc(OCc2ccccc2)cc1)CCc1ccncc1. The van der Waals surface area contributed by atoms with E-state index in [1.54, 1.807) is 12.4 Å². The van der Waals surface area contributed by atoms with Gasteiger partial charge in [0.05, 0.1) is 0 Å². The van der Waals surface area contributed by atoms with Gasteiger partial charge >= 0.3 is 0 Å². The van der Waals surface area contributed by atoms with Gasteiger partial charge in [-0.1, -0.05) is 30.3 Å². The zero-order chi connectivity index (χ0) is 20.3. The first-order valence-corrected chi connectivity index (χ1v) is 9.83. The lowest BCUT2D eigenvalue weighted by atomic mass is 10.2. The number of nitrogens with zero attached hydrogens (tertiary/aromatic N) is 2. The van der Waals surface area contributed by atoms with E-state index in [2.05, 4.69) is 15.2 Å². The van der Waals surface area contributed by atoms with Crippen LogP contribution >= 0.6 is 0 Å². The van der Waals surface area contributed by atoms with Gasteiger partial charge in [-0.2, -0.15) is 0 Å². The number of anilines is 1. The number of carbonyl (C=O) groups excluding carboxylic acids is 1. The molecule has 0 aliphatic carbocycles. The Morgan fingerprint density at radius 3 is 2.38 bits per heavy atom. The Hall–Kier alpha value is -3.18. The molecule has 0 unspecified atom stereocenters. The quantitative estimate of drug-likeness (QED) is 0.566. The fourth-order valence-electron chi connectivity index (χ4n) is 2.87. The Balaban J connectivity index is 1.36. The number of aromatic nitrogens is 1. The third-order valence-electron chi connectivity index (χ3n) is 4.64. The molecular weight excluding hydrogens is 362 g/mol. The molecule has 0 fully saturated rings. The summed E-state index contributed by atoms with van der Waals surface area (Å²) in [7, 11) is 2.04. The summed E-state index contributed by atoms with van der Waals surface area (Å²) in [6, 6.07) is 21.6. The van der Waals surface area contributed by atoms with E-state index in [1.165, 1.54) is 5.56 Å². The maximum Gasteiger partial charge on any atom is 0.225 e. The Morgan fingerprint density at radius 1 is 0.931 bits per heavy atom. The lowest BCUT2D eigenvalue weighted by Crippen LogP contribution is -2.26. The molecule has 1 amide bonds. The number of hydrogen-bond donors (Lipinski definition) is 1. The van der Waals surface area contributed by atoms with Gasteiger partial charge in [0.15, 0.2) is 0 Å². The van der Waals surface area contributed by atoms with Crippen LogP contribution < -0.4 is 10.1 Å². The smallest absolute Gasteiger partial charge is 0.225 e. The second-order valence-electron chi connectivity index (χ2n) is 7.01. The highest BCUT2D eigenvalue weighted by molar-refractivity contribution is 5.90. The van der Waals surface area contributed by atoms with Crippen LogP contribution in [0.2, 0.25) is 0 Å². The number of likely N-dealkylation sites (N-methyl/N-ethyl adjacent to an activating group) is 1. The van der Waals surface area contributed by atoms with Crippen LogP contribution in [0.4, 0.5) is 5.69 Å². The van der Waals surface area contributed by atoms with E-state index in [4.69, 9.17) is 4.74 Å². The zero-order valence-electron chi connectivity index (χ0n) is 16.8. The predicted molar refractivity (Wildman–Crippen MR) is 116 cm³/mol. The minimum absolute atomic E-state index is 0.0127. The van der Waals surface area contributed by atoms with Crippen LogP contribution in [-0.4, -0.2) is 35.9 Å². The van der Waals surface area contributed by atoms with Gasteiger partial charge in [-0.25, -0.2) is 0 Å². The van der Waals surface area contributed by atoms with Gasteiger partial charge in [-0.05, 0) is 61.0 Å². The number of nitrogens with one attached hydrogen (secondary N) is 1. The summed E-state index contributed by atoms with van der Waals surface area (Å²) >= 11 is 0. The third-order valence-corrected chi connectivity index (χ3v) is 4.64. The van der Waals surface area contributed by atoms with Crippen molar-refractivity contribution in [3.63, 3.8) is 0 Å². The molecule has 3 rings (SSSR count). The van der Waals surface area contributed by atoms with Crippen molar-refractivity contribution in [2.75, 3.05) is 25.5 Å². The maximum atomic E-state index is 12.2. The highest BCUT2D eigenvalue weighted by atomic mass is 16.5. The summed E-state index contributed by atoms with van der Waals surface area (Å²) in [6.07, 6.45) is 5.02. The molecule has 150 valence electrons. The number of rotatable bonds is 10. The molecule has 0 aliphatic heterocycles. The Kier molecular flexibility index (Phi) is 7.78. The van der Waals surface area contributed by atoms with Gasteiger partial charge < -0.3 is 15.0 Å². The van der Waals surface area contributed by atoms with E-state index in [9.17, 15) is 4.79 Å². The standard InChI is InChI=1S/C24H27N3O2/c1-27(17-13-20-11-15-25-16-12-20)18-14-24(28)26-22-7-9-23(10-8-22)29-19-21-5-3-2-4-6-21/h2-12,15-16H,13-14,17-19H2,1H3,(H,26,28). The molecule has 0 spiro atoms. The van der Waals surface area contributed by atoms with E-state index in [1.807, 2.05) is 73.8 Å². The van der Waals surface area contributed by atoms with Gasteiger partial charge in [0, 0.05) is 37.6 Å². The molecule has 5 heteroatoms. The summed E-state index contributed by atoms with van der Waals surface area (Å²) in [5.74, 6) is 0.793. The van der Waals surface area contributed by atoms with Crippen molar-refractivity contribution in [2.24, 2.45) is 0 Å². The zero-order valence-corrected chi connectivity index (χ0v) is 16.8. The van der Waals surface area contributed by atoms with Crippen molar-refractivity contribution >= 4 is 11.6 Å². The molecule has 3 aromatic rings. The predicted octanol–water partition coefficient (Wildman–Crippen LogP) is 4.16. The van der Waals surface area contributed by atoms with Crippen molar-refractivity contribution in [3.05, 3.63) is 90.3 Å². The number of ether oxygens (including phenoxy) is 1. The highest BCUT2D eigenvalue weighted by Crippen LogP contribution is 2.17. The average Bonchev–Trinajstić information content (AvgIpc) is 2.77. The molecular formula is C24H27N3O2. The molecule has 0 atom stereocenters. The minimum Gasteiger partial charge on any atom is -0.489 e. The molecule has 1 heterocycles. The summed E-state index contributed by atoms with van der Waals surface area (Å²) in [6.45, 7) is 2.15. The second kappa shape index (κ2) is 11.0. The van der Waals surface area contributed by atoms with Gasteiger partial charge in [-0.3, -0.25) is 9.78 Å². The molecule has 1 N–H and O–H groups in total. The summed E-state index contributed by atoms with van der Waals surface area (Å²) in [5.41, 5.74) is 3.16. The largest absolute Gasteiger partial charge is 0.489 e. The summed E-state index contributed by atoms with van der Waals surface area (Å²) in [4.78, 5) is 18.4. The number of benzene rings is 2. The van der Waals surface area contributed by atoms with Crippen molar-refractivity contribution in [2.45, 2.75) is 19.4 Å². The van der Waals surface area contributed by atoms with Gasteiger partial charge in [0.25, 0.3) is 0 Å². The van der Waals surface area contributed by atoms with Gasteiger partial charge in [0.2, 0.25) is 5.91 Å². The van der Waals surface area contributed by atoms with E-state index < -0.39 is 0 Å². The van der Waals surface area contributed by atoms with Crippen LogP contribution in [0.15, 0.2) is 79.1 Å². The minimum atomic E-state index is 0.0127. The average molecular weight is 389 g/mol. The summed E-state index contributed by atoms with van der Waals surface area (Å²) in [5, 5.41) is 2.94. The molecule has 0 radical (unpaired) electrons. The van der Waals surface area contributed by atoms with Crippen molar-refractivity contribution in [1.82, 2.24) is 9.88 Å². The Morgan fingerprint density at radius 2 is 1.66 bits per heavy atom. The van der Waals surface area contributed by atoms with Gasteiger partial charge in [-0.15, -0.1) is 0 Å². The van der Waals surface area contributed by atoms with E-state index in [0.717, 1.165) is 36.5 Å². The molecule has 0 saturated heterocycles. The fraction of sp³-hybridized carbons (Fsp3) is 0.250. The highest BCUT2D eigenvalue weighted by Gasteiger charge is 2.06. The number of hydrogen-bond acceptors (Lipinski definition) is 4. The first-order chi connectivity index (χ1) is 14.2. The van der Waals surface area contributed by atoms with Crippen LogP contribution in [-0.2, 0) is 17.8 Å². The topological polar surface area (TPSA) is 54.5 Å². The van der Waals surface area contributed by atoms with Crippen LogP contribution in [0.1, 0.15) is 17.5 Å². The van der Waals surface area contributed by atoms with Crippen molar-refractivity contribution < 1.29 is 9.53 Å². The Labute approximate surface area is 172 Å². The molecule has 2 aromatic carbocycles. The molecule has 0 saturated carbocycles. The maximum absolute atomic E-state index is 12.2. The number of pyridine rings is 1. The molecule has 1 aromatic heterocycles. The monoisotopic (exact) mass is 389 g/mol. The van der Waals surface area contributed by atoms with Crippen molar-refractivity contribution in [3.8, 4) is 5.75 Å². The summed E-state index contributed by atoms with van der Waals surface area (Å²) < 4.78 is 5.77. The van der Waals surface area contributed by atoms with Crippen LogP contribution in [0.25, 0.3) is 0 Å². The Bertz CT molecular complexity index is 868. The normalized spacial score (nSPS) is 10.7.